The molecule has 0 radical (unpaired) electrons. The zero-order chi connectivity index (χ0) is 18.7. The highest BCUT2D eigenvalue weighted by Gasteiger charge is 2.40. The quantitative estimate of drug-likeness (QED) is 0.421. The van der Waals surface area contributed by atoms with Crippen molar-refractivity contribution < 1.29 is 8.98 Å². The SMILES string of the molecule is Cc1coc(C(c2ccccc2)P(=O)(c2ccccc2)c2ccccc2)c1. The third kappa shape index (κ3) is 3.29. The van der Waals surface area contributed by atoms with Crippen molar-refractivity contribution in [2.75, 3.05) is 0 Å². The van der Waals surface area contributed by atoms with E-state index in [1.165, 1.54) is 0 Å². The topological polar surface area (TPSA) is 30.2 Å². The summed E-state index contributed by atoms with van der Waals surface area (Å²) in [5.74, 6) is 0.731. The minimum Gasteiger partial charge on any atom is -0.468 e. The lowest BCUT2D eigenvalue weighted by Crippen LogP contribution is -2.22. The molecule has 0 N–H and O–H groups in total. The largest absolute Gasteiger partial charge is 0.468 e. The molecular weight excluding hydrogens is 351 g/mol. The first kappa shape index (κ1) is 17.6. The van der Waals surface area contributed by atoms with Crippen molar-refractivity contribution in [2.24, 2.45) is 0 Å². The molecule has 1 aromatic heterocycles. The average molecular weight is 372 g/mol. The standard InChI is InChI=1S/C24H21O2P/c1-19-17-23(26-18-19)24(20-11-5-2-6-12-20)27(25,21-13-7-3-8-14-21)22-15-9-4-10-16-22/h2-18,24H,1H3. The molecule has 0 saturated heterocycles. The maximum Gasteiger partial charge on any atom is 0.157 e. The summed E-state index contributed by atoms with van der Waals surface area (Å²) in [7, 11) is -3.06. The molecule has 3 heteroatoms. The van der Waals surface area contributed by atoms with Gasteiger partial charge in [-0.3, -0.25) is 0 Å². The van der Waals surface area contributed by atoms with Gasteiger partial charge in [0.25, 0.3) is 0 Å². The minimum atomic E-state index is -3.06. The van der Waals surface area contributed by atoms with Crippen molar-refractivity contribution in [2.45, 2.75) is 12.6 Å². The summed E-state index contributed by atoms with van der Waals surface area (Å²) >= 11 is 0. The molecule has 4 aromatic rings. The third-order valence-corrected chi connectivity index (χ3v) is 8.19. The van der Waals surface area contributed by atoms with E-state index in [0.29, 0.717) is 0 Å². The summed E-state index contributed by atoms with van der Waals surface area (Å²) in [5, 5.41) is 1.67. The monoisotopic (exact) mass is 372 g/mol. The van der Waals surface area contributed by atoms with Crippen LogP contribution < -0.4 is 10.6 Å². The molecule has 0 bridgehead atoms. The van der Waals surface area contributed by atoms with E-state index in [1.54, 1.807) is 6.26 Å². The molecule has 0 fully saturated rings. The van der Waals surface area contributed by atoms with E-state index in [0.717, 1.165) is 27.5 Å². The highest BCUT2D eigenvalue weighted by molar-refractivity contribution is 7.79. The molecule has 2 nitrogen and oxygen atoms in total. The van der Waals surface area contributed by atoms with Crippen LogP contribution in [0.3, 0.4) is 0 Å². The lowest BCUT2D eigenvalue weighted by atomic mass is 10.1. The Kier molecular flexibility index (Phi) is 4.83. The highest BCUT2D eigenvalue weighted by Crippen LogP contribution is 2.60. The van der Waals surface area contributed by atoms with Crippen LogP contribution in [0.15, 0.2) is 108 Å². The zero-order valence-electron chi connectivity index (χ0n) is 15.2. The fraction of sp³-hybridized carbons (Fsp3) is 0.0833. The van der Waals surface area contributed by atoms with Gasteiger partial charge in [0, 0.05) is 10.6 Å². The van der Waals surface area contributed by atoms with Gasteiger partial charge in [-0.05, 0) is 24.1 Å². The van der Waals surface area contributed by atoms with Crippen molar-refractivity contribution in [3.8, 4) is 0 Å². The first-order valence-electron chi connectivity index (χ1n) is 9.00. The number of aryl methyl sites for hydroxylation is 1. The van der Waals surface area contributed by atoms with Gasteiger partial charge < -0.3 is 8.98 Å². The van der Waals surface area contributed by atoms with Crippen molar-refractivity contribution >= 4 is 17.8 Å². The normalized spacial score (nSPS) is 12.6. The van der Waals surface area contributed by atoms with Crippen LogP contribution in [0.25, 0.3) is 0 Å². The number of furan rings is 1. The second kappa shape index (κ2) is 7.42. The summed E-state index contributed by atoms with van der Waals surface area (Å²) in [6.45, 7) is 1.99. The van der Waals surface area contributed by atoms with E-state index in [2.05, 4.69) is 0 Å². The van der Waals surface area contributed by atoms with Crippen LogP contribution in [0.1, 0.15) is 22.5 Å². The Bertz CT molecular complexity index is 1010. The van der Waals surface area contributed by atoms with E-state index < -0.39 is 7.14 Å². The summed E-state index contributed by atoms with van der Waals surface area (Å²) in [5.41, 5.74) is 1.64. The van der Waals surface area contributed by atoms with Gasteiger partial charge in [-0.25, -0.2) is 0 Å². The number of benzene rings is 3. The molecule has 1 atom stereocenters. The van der Waals surface area contributed by atoms with E-state index in [9.17, 15) is 4.57 Å². The van der Waals surface area contributed by atoms with Gasteiger partial charge in [-0.1, -0.05) is 91.0 Å². The van der Waals surface area contributed by atoms with E-state index in [4.69, 9.17) is 4.42 Å². The Balaban J connectivity index is 2.02. The van der Waals surface area contributed by atoms with Crippen molar-refractivity contribution in [1.82, 2.24) is 0 Å². The van der Waals surface area contributed by atoms with Crippen LogP contribution in [0.4, 0.5) is 0 Å². The summed E-state index contributed by atoms with van der Waals surface area (Å²) in [6.07, 6.45) is 1.73. The Labute approximate surface area is 159 Å². The lowest BCUT2D eigenvalue weighted by molar-refractivity contribution is 0.507. The van der Waals surface area contributed by atoms with Crippen LogP contribution in [0.5, 0.6) is 0 Å². The highest BCUT2D eigenvalue weighted by atomic mass is 31.2. The fourth-order valence-corrected chi connectivity index (χ4v) is 6.74. The molecule has 3 aromatic carbocycles. The summed E-state index contributed by atoms with van der Waals surface area (Å²) < 4.78 is 20.8. The maximum atomic E-state index is 14.9. The summed E-state index contributed by atoms with van der Waals surface area (Å²) in [4.78, 5) is 0. The molecule has 1 heterocycles. The molecule has 0 saturated carbocycles. The molecule has 1 unspecified atom stereocenters. The molecule has 0 spiro atoms. The van der Waals surface area contributed by atoms with Crippen molar-refractivity contribution in [1.29, 1.82) is 0 Å². The second-order valence-electron chi connectivity index (χ2n) is 6.67. The predicted octanol–water partition coefficient (Wildman–Crippen LogP) is 5.69. The Morgan fingerprint density at radius 1 is 0.741 bits per heavy atom. The van der Waals surface area contributed by atoms with Gasteiger partial charge in [-0.2, -0.15) is 0 Å². The number of hydrogen-bond acceptors (Lipinski definition) is 2. The molecule has 134 valence electrons. The summed E-state index contributed by atoms with van der Waals surface area (Å²) in [6, 6.07) is 31.5. The zero-order valence-corrected chi connectivity index (χ0v) is 16.1. The molecule has 0 aliphatic carbocycles. The molecule has 0 aliphatic heterocycles. The van der Waals surface area contributed by atoms with Crippen LogP contribution in [-0.4, -0.2) is 0 Å². The Hall–Kier alpha value is -2.83. The predicted molar refractivity (Wildman–Crippen MR) is 111 cm³/mol. The Morgan fingerprint density at radius 2 is 1.22 bits per heavy atom. The van der Waals surface area contributed by atoms with Gasteiger partial charge in [0.1, 0.15) is 11.4 Å². The molecule has 4 rings (SSSR count). The van der Waals surface area contributed by atoms with E-state index >= 15 is 0 Å². The van der Waals surface area contributed by atoms with Crippen molar-refractivity contribution in [3.63, 3.8) is 0 Å². The van der Waals surface area contributed by atoms with Crippen LogP contribution >= 0.6 is 7.14 Å². The lowest BCUT2D eigenvalue weighted by Gasteiger charge is -2.28. The van der Waals surface area contributed by atoms with Gasteiger partial charge in [0.05, 0.1) is 6.26 Å². The first-order valence-corrected chi connectivity index (χ1v) is 10.8. The van der Waals surface area contributed by atoms with Gasteiger partial charge in [-0.15, -0.1) is 0 Å². The second-order valence-corrected chi connectivity index (χ2v) is 9.53. The maximum absolute atomic E-state index is 14.9. The van der Waals surface area contributed by atoms with Crippen molar-refractivity contribution in [3.05, 3.63) is 120 Å². The smallest absolute Gasteiger partial charge is 0.157 e. The molecule has 0 amide bonds. The fourth-order valence-electron chi connectivity index (χ4n) is 3.53. The Morgan fingerprint density at radius 3 is 1.67 bits per heavy atom. The minimum absolute atomic E-state index is 0.378. The van der Waals surface area contributed by atoms with Crippen LogP contribution in [0, 0.1) is 6.92 Å². The van der Waals surface area contributed by atoms with Gasteiger partial charge in [0.15, 0.2) is 7.14 Å². The van der Waals surface area contributed by atoms with E-state index in [-0.39, 0.29) is 5.66 Å². The van der Waals surface area contributed by atoms with Crippen LogP contribution in [0.2, 0.25) is 0 Å². The average Bonchev–Trinajstić information content (AvgIpc) is 3.16. The third-order valence-electron chi connectivity index (χ3n) is 4.78. The molecule has 27 heavy (non-hydrogen) atoms. The molecule has 0 aliphatic rings. The molecular formula is C24H21O2P. The number of hydrogen-bond donors (Lipinski definition) is 0. The van der Waals surface area contributed by atoms with Crippen LogP contribution in [-0.2, 0) is 4.57 Å². The van der Waals surface area contributed by atoms with Gasteiger partial charge >= 0.3 is 0 Å². The first-order chi connectivity index (χ1) is 13.2. The van der Waals surface area contributed by atoms with Gasteiger partial charge in [0.2, 0.25) is 0 Å². The van der Waals surface area contributed by atoms with E-state index in [1.807, 2.05) is 104 Å². The number of rotatable bonds is 5.